The molecule has 2 N–H and O–H groups in total. The second kappa shape index (κ2) is 7.25. The van der Waals surface area contributed by atoms with E-state index in [1.54, 1.807) is 12.1 Å². The number of amides is 1. The maximum absolute atomic E-state index is 13.3. The lowest BCUT2D eigenvalue weighted by atomic mass is 9.94. The molecule has 25 heavy (non-hydrogen) atoms. The Bertz CT molecular complexity index is 727. The molecule has 1 saturated carbocycles. The Morgan fingerprint density at radius 3 is 2.48 bits per heavy atom. The van der Waals surface area contributed by atoms with Gasteiger partial charge in [-0.15, -0.1) is 0 Å². The highest BCUT2D eigenvalue weighted by molar-refractivity contribution is 7.93. The third-order valence-electron chi connectivity index (χ3n) is 5.61. The Morgan fingerprint density at radius 2 is 1.88 bits per heavy atom. The number of hydrogen-bond acceptors (Lipinski definition) is 4. The largest absolute Gasteiger partial charge is 0.350 e. The van der Waals surface area contributed by atoms with Gasteiger partial charge in [-0.3, -0.25) is 4.79 Å². The number of piperidine rings is 1. The van der Waals surface area contributed by atoms with Crippen LogP contribution in [0.4, 0.5) is 0 Å². The van der Waals surface area contributed by atoms with Gasteiger partial charge in [-0.1, -0.05) is 31.4 Å². The average Bonchev–Trinajstić information content (AvgIpc) is 3.09. The average molecular weight is 385 g/mol. The van der Waals surface area contributed by atoms with Crippen molar-refractivity contribution in [3.05, 3.63) is 29.3 Å². The summed E-state index contributed by atoms with van der Waals surface area (Å²) in [6.07, 6.45) is 3.22. The van der Waals surface area contributed by atoms with Crippen LogP contribution in [0, 0.1) is 5.92 Å². The van der Waals surface area contributed by atoms with Crippen LogP contribution >= 0.6 is 11.6 Å². The van der Waals surface area contributed by atoms with Gasteiger partial charge in [-0.05, 0) is 56.0 Å². The molecule has 1 aromatic rings. The molecule has 5 nitrogen and oxygen atoms in total. The first-order valence-corrected chi connectivity index (χ1v) is 10.7. The SMILES string of the molecule is CC1CCNCC1NC(=O)C1(S(=O)(=O)c2ccc(Cl)cc2)CCCC1. The van der Waals surface area contributed by atoms with E-state index >= 15 is 0 Å². The summed E-state index contributed by atoms with van der Waals surface area (Å²) in [5, 5.41) is 6.78. The van der Waals surface area contributed by atoms with Crippen LogP contribution in [0.5, 0.6) is 0 Å². The van der Waals surface area contributed by atoms with E-state index in [2.05, 4.69) is 17.6 Å². The standard InChI is InChI=1S/C18H25ClN2O3S/c1-13-8-11-20-12-16(13)21-17(22)18(9-2-3-10-18)25(23,24)15-6-4-14(19)5-7-15/h4-7,13,16,20H,2-3,8-12H2,1H3,(H,21,22). The van der Waals surface area contributed by atoms with Crippen molar-refractivity contribution in [2.45, 2.75) is 54.7 Å². The number of nitrogens with one attached hydrogen (secondary N) is 2. The summed E-state index contributed by atoms with van der Waals surface area (Å²) in [6, 6.07) is 6.08. The molecule has 0 bridgehead atoms. The lowest BCUT2D eigenvalue weighted by Crippen LogP contribution is -2.58. The third kappa shape index (κ3) is 3.44. The van der Waals surface area contributed by atoms with Gasteiger partial charge in [-0.2, -0.15) is 0 Å². The minimum atomic E-state index is -3.78. The number of halogens is 1. The van der Waals surface area contributed by atoms with E-state index < -0.39 is 14.6 Å². The van der Waals surface area contributed by atoms with Gasteiger partial charge in [-0.25, -0.2) is 8.42 Å². The monoisotopic (exact) mass is 384 g/mol. The Labute approximate surface area is 154 Å². The van der Waals surface area contributed by atoms with E-state index in [0.29, 0.717) is 30.3 Å². The number of carbonyl (C=O) groups excluding carboxylic acids is 1. The van der Waals surface area contributed by atoms with Crippen LogP contribution in [0.25, 0.3) is 0 Å². The highest BCUT2D eigenvalue weighted by Gasteiger charge is 2.53. The summed E-state index contributed by atoms with van der Waals surface area (Å²) in [6.45, 7) is 3.71. The predicted octanol–water partition coefficient (Wildman–Crippen LogP) is 2.54. The molecule has 1 amide bonds. The maximum Gasteiger partial charge on any atom is 0.242 e. The van der Waals surface area contributed by atoms with E-state index in [1.807, 2.05) is 0 Å². The Kier molecular flexibility index (Phi) is 5.42. The molecule has 2 unspecified atom stereocenters. The Morgan fingerprint density at radius 1 is 1.24 bits per heavy atom. The summed E-state index contributed by atoms with van der Waals surface area (Å²) in [5.74, 6) is -0.0117. The summed E-state index contributed by atoms with van der Waals surface area (Å²) < 4.78 is 25.3. The summed E-state index contributed by atoms with van der Waals surface area (Å²) >= 11 is 5.88. The van der Waals surface area contributed by atoms with Gasteiger partial charge in [0.2, 0.25) is 5.91 Å². The number of sulfone groups is 1. The summed E-state index contributed by atoms with van der Waals surface area (Å²) in [5.41, 5.74) is 0. The van der Waals surface area contributed by atoms with Crippen molar-refractivity contribution in [1.82, 2.24) is 10.6 Å². The zero-order valence-corrected chi connectivity index (χ0v) is 16.0. The van der Waals surface area contributed by atoms with Crippen LogP contribution in [0.15, 0.2) is 29.2 Å². The molecule has 138 valence electrons. The number of benzene rings is 1. The second-order valence-corrected chi connectivity index (χ2v) is 9.90. The second-order valence-electron chi connectivity index (χ2n) is 7.21. The van der Waals surface area contributed by atoms with Crippen LogP contribution in [0.1, 0.15) is 39.0 Å². The molecular formula is C18H25ClN2O3S. The molecule has 1 aromatic carbocycles. The Balaban J connectivity index is 1.90. The van der Waals surface area contributed by atoms with Crippen molar-refractivity contribution in [2.24, 2.45) is 5.92 Å². The molecule has 2 fully saturated rings. The van der Waals surface area contributed by atoms with Crippen LogP contribution < -0.4 is 10.6 Å². The van der Waals surface area contributed by atoms with Crippen LogP contribution in [0.3, 0.4) is 0 Å². The molecule has 2 aliphatic rings. The molecule has 2 atom stereocenters. The van der Waals surface area contributed by atoms with Crippen molar-refractivity contribution in [1.29, 1.82) is 0 Å². The van der Waals surface area contributed by atoms with Gasteiger partial charge in [0.25, 0.3) is 0 Å². The molecule has 1 heterocycles. The van der Waals surface area contributed by atoms with Crippen LogP contribution in [-0.2, 0) is 14.6 Å². The molecule has 0 radical (unpaired) electrons. The molecule has 7 heteroatoms. The van der Waals surface area contributed by atoms with E-state index in [4.69, 9.17) is 11.6 Å². The third-order valence-corrected chi connectivity index (χ3v) is 8.37. The molecule has 1 aliphatic carbocycles. The minimum absolute atomic E-state index is 0.0286. The topological polar surface area (TPSA) is 75.3 Å². The smallest absolute Gasteiger partial charge is 0.242 e. The van der Waals surface area contributed by atoms with E-state index in [9.17, 15) is 13.2 Å². The fraction of sp³-hybridized carbons (Fsp3) is 0.611. The van der Waals surface area contributed by atoms with Crippen molar-refractivity contribution in [3.63, 3.8) is 0 Å². The molecule has 0 spiro atoms. The molecule has 3 rings (SSSR count). The first-order valence-electron chi connectivity index (χ1n) is 8.89. The summed E-state index contributed by atoms with van der Waals surface area (Å²) in [7, 11) is -3.78. The first-order chi connectivity index (χ1) is 11.9. The minimum Gasteiger partial charge on any atom is -0.350 e. The van der Waals surface area contributed by atoms with Gasteiger partial charge >= 0.3 is 0 Å². The highest BCUT2D eigenvalue weighted by Crippen LogP contribution is 2.41. The van der Waals surface area contributed by atoms with Crippen LogP contribution in [-0.4, -0.2) is 38.2 Å². The van der Waals surface area contributed by atoms with Gasteiger partial charge in [0, 0.05) is 17.6 Å². The lowest BCUT2D eigenvalue weighted by Gasteiger charge is -2.34. The zero-order chi connectivity index (χ0) is 18.1. The molecule has 0 aromatic heterocycles. The van der Waals surface area contributed by atoms with Crippen molar-refractivity contribution in [2.75, 3.05) is 13.1 Å². The van der Waals surface area contributed by atoms with Gasteiger partial charge in [0.1, 0.15) is 0 Å². The summed E-state index contributed by atoms with van der Waals surface area (Å²) in [4.78, 5) is 13.3. The normalized spacial score (nSPS) is 26.3. The molecule has 1 saturated heterocycles. The quantitative estimate of drug-likeness (QED) is 0.836. The van der Waals surface area contributed by atoms with Gasteiger partial charge in [0.15, 0.2) is 14.6 Å². The maximum atomic E-state index is 13.3. The van der Waals surface area contributed by atoms with Crippen molar-refractivity contribution < 1.29 is 13.2 Å². The highest BCUT2D eigenvalue weighted by atomic mass is 35.5. The van der Waals surface area contributed by atoms with Crippen molar-refractivity contribution in [3.8, 4) is 0 Å². The van der Waals surface area contributed by atoms with Crippen LogP contribution in [0.2, 0.25) is 5.02 Å². The fourth-order valence-corrected chi connectivity index (χ4v) is 6.09. The number of hydrogen-bond donors (Lipinski definition) is 2. The van der Waals surface area contributed by atoms with Crippen molar-refractivity contribution >= 4 is 27.3 Å². The molecular weight excluding hydrogens is 360 g/mol. The first kappa shape index (κ1) is 18.7. The number of carbonyl (C=O) groups is 1. The Hall–Kier alpha value is -1.11. The van der Waals surface area contributed by atoms with E-state index in [0.717, 1.165) is 25.8 Å². The zero-order valence-electron chi connectivity index (χ0n) is 14.4. The lowest BCUT2D eigenvalue weighted by molar-refractivity contribution is -0.124. The van der Waals surface area contributed by atoms with Gasteiger partial charge < -0.3 is 10.6 Å². The fourth-order valence-electron chi connectivity index (χ4n) is 3.89. The predicted molar refractivity (Wildman–Crippen MR) is 98.4 cm³/mol. The van der Waals surface area contributed by atoms with E-state index in [1.165, 1.54) is 12.1 Å². The van der Waals surface area contributed by atoms with E-state index in [-0.39, 0.29) is 16.8 Å². The number of rotatable bonds is 4. The van der Waals surface area contributed by atoms with Gasteiger partial charge in [0.05, 0.1) is 4.90 Å². The molecule has 1 aliphatic heterocycles.